The molecule has 27 heavy (non-hydrogen) atoms. The number of amides is 3. The standard InChI is InChI=1S/C19H28N4O4/c1-13(2)18(23-16(25)10-20-3)19(27)21-11-17(26)22-15(12-24)9-14-7-5-4-6-8-14/h4-8,12-13,15,18,20H,9-11H2,1-3H3,(H,21,27)(H,22,26)(H,23,25). The van der Waals surface area contributed by atoms with Crippen LogP contribution in [0.1, 0.15) is 19.4 Å². The predicted molar refractivity (Wildman–Crippen MR) is 102 cm³/mol. The fourth-order valence-electron chi connectivity index (χ4n) is 2.46. The maximum atomic E-state index is 12.3. The molecule has 4 N–H and O–H groups in total. The Morgan fingerprint density at radius 1 is 1.00 bits per heavy atom. The maximum Gasteiger partial charge on any atom is 0.243 e. The van der Waals surface area contributed by atoms with E-state index in [4.69, 9.17) is 0 Å². The molecule has 8 heteroatoms. The van der Waals surface area contributed by atoms with Crippen molar-refractivity contribution in [2.45, 2.75) is 32.4 Å². The van der Waals surface area contributed by atoms with Gasteiger partial charge in [-0.3, -0.25) is 14.4 Å². The zero-order chi connectivity index (χ0) is 20.2. The van der Waals surface area contributed by atoms with Crippen molar-refractivity contribution in [1.29, 1.82) is 0 Å². The number of hydrogen-bond acceptors (Lipinski definition) is 5. The van der Waals surface area contributed by atoms with E-state index in [0.717, 1.165) is 5.56 Å². The largest absolute Gasteiger partial charge is 0.345 e. The van der Waals surface area contributed by atoms with Crippen molar-refractivity contribution in [2.75, 3.05) is 20.1 Å². The first-order chi connectivity index (χ1) is 12.9. The summed E-state index contributed by atoms with van der Waals surface area (Å²) in [5.74, 6) is -1.37. The van der Waals surface area contributed by atoms with Crippen LogP contribution in [-0.4, -0.2) is 56.2 Å². The molecule has 0 saturated carbocycles. The highest BCUT2D eigenvalue weighted by Crippen LogP contribution is 2.03. The van der Waals surface area contributed by atoms with Crippen LogP contribution in [0.15, 0.2) is 30.3 Å². The fraction of sp³-hybridized carbons (Fsp3) is 0.474. The number of carbonyl (C=O) groups is 4. The van der Waals surface area contributed by atoms with E-state index < -0.39 is 23.9 Å². The molecular formula is C19H28N4O4. The second-order valence-corrected chi connectivity index (χ2v) is 6.54. The molecule has 148 valence electrons. The smallest absolute Gasteiger partial charge is 0.243 e. The van der Waals surface area contributed by atoms with Gasteiger partial charge < -0.3 is 26.1 Å². The summed E-state index contributed by atoms with van der Waals surface area (Å²) in [6.45, 7) is 3.42. The Balaban J connectivity index is 2.51. The van der Waals surface area contributed by atoms with Gasteiger partial charge in [0.1, 0.15) is 12.3 Å². The van der Waals surface area contributed by atoms with Gasteiger partial charge in [-0.2, -0.15) is 0 Å². The minimum atomic E-state index is -0.746. The first-order valence-electron chi connectivity index (χ1n) is 8.87. The number of likely N-dealkylation sites (N-methyl/N-ethyl adjacent to an activating group) is 1. The van der Waals surface area contributed by atoms with Gasteiger partial charge in [-0.1, -0.05) is 44.2 Å². The van der Waals surface area contributed by atoms with E-state index in [1.807, 2.05) is 30.3 Å². The molecule has 3 amide bonds. The SMILES string of the molecule is CNCC(=O)NC(C(=O)NCC(=O)NC(C=O)Cc1ccccc1)C(C)C. The maximum absolute atomic E-state index is 12.3. The number of rotatable bonds is 11. The van der Waals surface area contributed by atoms with E-state index >= 15 is 0 Å². The number of aldehydes is 1. The average molecular weight is 376 g/mol. The lowest BCUT2D eigenvalue weighted by Gasteiger charge is -2.22. The van der Waals surface area contributed by atoms with Gasteiger partial charge >= 0.3 is 0 Å². The van der Waals surface area contributed by atoms with Crippen LogP contribution in [0.4, 0.5) is 0 Å². The quantitative estimate of drug-likeness (QED) is 0.385. The van der Waals surface area contributed by atoms with Crippen LogP contribution in [0, 0.1) is 5.92 Å². The van der Waals surface area contributed by atoms with Gasteiger partial charge in [0.05, 0.1) is 19.1 Å². The molecule has 0 aliphatic heterocycles. The first-order valence-corrected chi connectivity index (χ1v) is 8.87. The number of nitrogens with one attached hydrogen (secondary N) is 4. The third kappa shape index (κ3) is 8.46. The summed E-state index contributed by atoms with van der Waals surface area (Å²) in [5.41, 5.74) is 0.922. The summed E-state index contributed by atoms with van der Waals surface area (Å²) >= 11 is 0. The Kier molecular flexibility index (Phi) is 9.74. The topological polar surface area (TPSA) is 116 Å². The van der Waals surface area contributed by atoms with E-state index in [9.17, 15) is 19.2 Å². The highest BCUT2D eigenvalue weighted by atomic mass is 16.2. The highest BCUT2D eigenvalue weighted by Gasteiger charge is 2.24. The Hall–Kier alpha value is -2.74. The van der Waals surface area contributed by atoms with Gasteiger partial charge in [0.2, 0.25) is 17.7 Å². The summed E-state index contributed by atoms with van der Waals surface area (Å²) in [7, 11) is 1.63. The van der Waals surface area contributed by atoms with Gasteiger partial charge in [0.25, 0.3) is 0 Å². The monoisotopic (exact) mass is 376 g/mol. The Labute approximate surface area is 159 Å². The molecule has 2 atom stereocenters. The molecule has 1 aromatic carbocycles. The normalized spacial score (nSPS) is 12.7. The minimum absolute atomic E-state index is 0.0947. The van der Waals surface area contributed by atoms with Gasteiger partial charge in [0, 0.05) is 0 Å². The van der Waals surface area contributed by atoms with Gasteiger partial charge in [-0.05, 0) is 24.9 Å². The van der Waals surface area contributed by atoms with Crippen molar-refractivity contribution in [3.8, 4) is 0 Å². The molecule has 0 heterocycles. The molecule has 0 bridgehead atoms. The van der Waals surface area contributed by atoms with E-state index in [1.165, 1.54) is 0 Å². The lowest BCUT2D eigenvalue weighted by Crippen LogP contribution is -2.53. The van der Waals surface area contributed by atoms with E-state index in [1.54, 1.807) is 20.9 Å². The zero-order valence-electron chi connectivity index (χ0n) is 16.0. The summed E-state index contributed by atoms with van der Waals surface area (Å²) in [6, 6.07) is 7.89. The Morgan fingerprint density at radius 2 is 1.63 bits per heavy atom. The summed E-state index contributed by atoms with van der Waals surface area (Å²) in [6.07, 6.45) is 1.04. The van der Waals surface area contributed by atoms with Crippen molar-refractivity contribution in [3.05, 3.63) is 35.9 Å². The third-order valence-corrected chi connectivity index (χ3v) is 3.84. The molecule has 0 aromatic heterocycles. The molecule has 0 saturated heterocycles. The van der Waals surface area contributed by atoms with Gasteiger partial charge in [-0.25, -0.2) is 0 Å². The van der Waals surface area contributed by atoms with Crippen molar-refractivity contribution < 1.29 is 19.2 Å². The molecule has 8 nitrogen and oxygen atoms in total. The number of carbonyl (C=O) groups excluding carboxylic acids is 4. The van der Waals surface area contributed by atoms with Crippen LogP contribution >= 0.6 is 0 Å². The van der Waals surface area contributed by atoms with Gasteiger partial charge in [-0.15, -0.1) is 0 Å². The summed E-state index contributed by atoms with van der Waals surface area (Å²) in [4.78, 5) is 47.2. The lowest BCUT2D eigenvalue weighted by molar-refractivity contribution is -0.131. The molecule has 0 spiro atoms. The molecule has 0 radical (unpaired) electrons. The third-order valence-electron chi connectivity index (χ3n) is 3.84. The molecule has 2 unspecified atom stereocenters. The van der Waals surface area contributed by atoms with Crippen molar-refractivity contribution >= 4 is 24.0 Å². The molecule has 0 aliphatic carbocycles. The Bertz CT molecular complexity index is 634. The van der Waals surface area contributed by atoms with Crippen LogP contribution in [-0.2, 0) is 25.6 Å². The molecule has 1 rings (SSSR count). The molecule has 1 aromatic rings. The van der Waals surface area contributed by atoms with Crippen molar-refractivity contribution in [3.63, 3.8) is 0 Å². The second-order valence-electron chi connectivity index (χ2n) is 6.54. The number of hydrogen-bond donors (Lipinski definition) is 4. The fourth-order valence-corrected chi connectivity index (χ4v) is 2.46. The molecular weight excluding hydrogens is 348 g/mol. The van der Waals surface area contributed by atoms with E-state index in [2.05, 4.69) is 21.3 Å². The molecule has 0 fully saturated rings. The van der Waals surface area contributed by atoms with Crippen LogP contribution in [0.25, 0.3) is 0 Å². The second kappa shape index (κ2) is 11.8. The summed E-state index contributed by atoms with van der Waals surface area (Å²) in [5, 5.41) is 10.4. The summed E-state index contributed by atoms with van der Waals surface area (Å²) < 4.78 is 0. The first kappa shape index (κ1) is 22.3. The number of benzene rings is 1. The van der Waals surface area contributed by atoms with Crippen LogP contribution in [0.3, 0.4) is 0 Å². The lowest BCUT2D eigenvalue weighted by atomic mass is 10.0. The van der Waals surface area contributed by atoms with Crippen LogP contribution in [0.2, 0.25) is 0 Å². The zero-order valence-corrected chi connectivity index (χ0v) is 16.0. The van der Waals surface area contributed by atoms with Crippen molar-refractivity contribution in [2.24, 2.45) is 5.92 Å². The average Bonchev–Trinajstić information content (AvgIpc) is 2.64. The minimum Gasteiger partial charge on any atom is -0.345 e. The Morgan fingerprint density at radius 3 is 2.19 bits per heavy atom. The van der Waals surface area contributed by atoms with Crippen molar-refractivity contribution in [1.82, 2.24) is 21.3 Å². The van der Waals surface area contributed by atoms with Gasteiger partial charge in [0.15, 0.2) is 0 Å². The highest BCUT2D eigenvalue weighted by molar-refractivity contribution is 5.91. The molecule has 0 aliphatic rings. The van der Waals surface area contributed by atoms with Crippen LogP contribution < -0.4 is 21.3 Å². The predicted octanol–water partition coefficient (Wildman–Crippen LogP) is -0.611. The van der Waals surface area contributed by atoms with Crippen LogP contribution in [0.5, 0.6) is 0 Å². The van der Waals surface area contributed by atoms with E-state index in [-0.39, 0.29) is 24.9 Å². The van der Waals surface area contributed by atoms with E-state index in [0.29, 0.717) is 12.7 Å².